The van der Waals surface area contributed by atoms with Crippen molar-refractivity contribution in [3.8, 4) is 0 Å². The van der Waals surface area contributed by atoms with Crippen LogP contribution in [-0.4, -0.2) is 26.2 Å². The van der Waals surface area contributed by atoms with Crippen molar-refractivity contribution >= 4 is 5.95 Å². The third kappa shape index (κ3) is 2.02. The minimum Gasteiger partial charge on any atom is -0.350 e. The Morgan fingerprint density at radius 3 is 2.93 bits per heavy atom. The lowest BCUT2D eigenvalue weighted by atomic mass is 9.87. The molecule has 1 N–H and O–H groups in total. The van der Waals surface area contributed by atoms with E-state index in [1.807, 2.05) is 7.05 Å². The highest BCUT2D eigenvalue weighted by Crippen LogP contribution is 2.25. The Morgan fingerprint density at radius 2 is 2.29 bits per heavy atom. The van der Waals surface area contributed by atoms with Crippen molar-refractivity contribution in [3.05, 3.63) is 0 Å². The number of hydrogen-bond acceptors (Lipinski definition) is 4. The highest BCUT2D eigenvalue weighted by Gasteiger charge is 2.19. The predicted octanol–water partition coefficient (Wildman–Crippen LogP) is 1.20. The molecule has 14 heavy (non-hydrogen) atoms. The molecule has 1 heterocycles. The van der Waals surface area contributed by atoms with Gasteiger partial charge in [0.15, 0.2) is 0 Å². The van der Waals surface area contributed by atoms with Crippen molar-refractivity contribution in [3.63, 3.8) is 0 Å². The summed E-state index contributed by atoms with van der Waals surface area (Å²) in [6, 6.07) is 0.545. The van der Waals surface area contributed by atoms with Crippen molar-refractivity contribution in [1.82, 2.24) is 20.2 Å². The molecule has 1 aromatic heterocycles. The quantitative estimate of drug-likeness (QED) is 0.770. The number of aromatic nitrogens is 4. The van der Waals surface area contributed by atoms with E-state index < -0.39 is 0 Å². The fourth-order valence-corrected chi connectivity index (χ4v) is 2.10. The van der Waals surface area contributed by atoms with Gasteiger partial charge in [-0.3, -0.25) is 0 Å². The van der Waals surface area contributed by atoms with Crippen LogP contribution in [0.2, 0.25) is 0 Å². The summed E-state index contributed by atoms with van der Waals surface area (Å²) in [5, 5.41) is 14.7. The molecule has 1 aliphatic carbocycles. The number of tetrazole rings is 1. The molecule has 5 heteroatoms. The van der Waals surface area contributed by atoms with Crippen LogP contribution in [0.1, 0.15) is 32.6 Å². The van der Waals surface area contributed by atoms with E-state index in [1.165, 1.54) is 25.7 Å². The van der Waals surface area contributed by atoms with Crippen LogP contribution in [0.4, 0.5) is 5.95 Å². The van der Waals surface area contributed by atoms with Crippen molar-refractivity contribution in [2.24, 2.45) is 13.0 Å². The standard InChI is InChI=1S/C9H17N5/c1-7-4-3-5-8(6-7)10-9-11-12-13-14(9)2/h7-8H,3-6H2,1-2H3,(H,10,11,13). The molecule has 0 aromatic carbocycles. The molecule has 2 atom stereocenters. The van der Waals surface area contributed by atoms with Crippen LogP contribution in [-0.2, 0) is 7.05 Å². The van der Waals surface area contributed by atoms with Gasteiger partial charge in [-0.1, -0.05) is 24.9 Å². The first-order chi connectivity index (χ1) is 6.75. The van der Waals surface area contributed by atoms with Crippen LogP contribution in [0.25, 0.3) is 0 Å². The molecule has 0 amide bonds. The molecule has 1 saturated carbocycles. The zero-order chi connectivity index (χ0) is 9.97. The van der Waals surface area contributed by atoms with Crippen molar-refractivity contribution < 1.29 is 0 Å². The van der Waals surface area contributed by atoms with Crippen LogP contribution in [0.3, 0.4) is 0 Å². The van der Waals surface area contributed by atoms with Gasteiger partial charge >= 0.3 is 0 Å². The molecule has 0 saturated heterocycles. The summed E-state index contributed by atoms with van der Waals surface area (Å²) in [5.41, 5.74) is 0. The third-order valence-electron chi connectivity index (χ3n) is 2.89. The van der Waals surface area contributed by atoms with Crippen LogP contribution in [0.5, 0.6) is 0 Å². The van der Waals surface area contributed by atoms with Crippen LogP contribution in [0.15, 0.2) is 0 Å². The largest absolute Gasteiger partial charge is 0.350 e. The van der Waals surface area contributed by atoms with Gasteiger partial charge in [-0.25, -0.2) is 4.68 Å². The first-order valence-electron chi connectivity index (χ1n) is 5.24. The normalized spacial score (nSPS) is 27.6. The van der Waals surface area contributed by atoms with E-state index in [0.29, 0.717) is 6.04 Å². The molecular formula is C9H17N5. The maximum atomic E-state index is 3.93. The van der Waals surface area contributed by atoms with Gasteiger partial charge < -0.3 is 5.32 Å². The highest BCUT2D eigenvalue weighted by atomic mass is 15.6. The Balaban J connectivity index is 1.94. The van der Waals surface area contributed by atoms with Gasteiger partial charge in [-0.15, -0.1) is 0 Å². The van der Waals surface area contributed by atoms with E-state index in [2.05, 4.69) is 27.8 Å². The van der Waals surface area contributed by atoms with Gasteiger partial charge in [0.2, 0.25) is 5.95 Å². The van der Waals surface area contributed by atoms with E-state index in [0.717, 1.165) is 11.9 Å². The van der Waals surface area contributed by atoms with Crippen LogP contribution < -0.4 is 5.32 Å². The molecule has 0 spiro atoms. The predicted molar refractivity (Wildman–Crippen MR) is 53.8 cm³/mol. The summed E-state index contributed by atoms with van der Waals surface area (Å²) in [4.78, 5) is 0. The van der Waals surface area contributed by atoms with E-state index in [9.17, 15) is 0 Å². The fraction of sp³-hybridized carbons (Fsp3) is 0.889. The molecular weight excluding hydrogens is 178 g/mol. The van der Waals surface area contributed by atoms with E-state index >= 15 is 0 Å². The van der Waals surface area contributed by atoms with Crippen LogP contribution in [0, 0.1) is 5.92 Å². The molecule has 0 bridgehead atoms. The summed E-state index contributed by atoms with van der Waals surface area (Å²) < 4.78 is 1.68. The van der Waals surface area contributed by atoms with Gasteiger partial charge in [0.05, 0.1) is 0 Å². The van der Waals surface area contributed by atoms with Gasteiger partial charge in [0.25, 0.3) is 0 Å². The lowest BCUT2D eigenvalue weighted by Gasteiger charge is -2.27. The second-order valence-corrected chi connectivity index (χ2v) is 4.24. The Morgan fingerprint density at radius 1 is 1.43 bits per heavy atom. The number of rotatable bonds is 2. The molecule has 1 aliphatic rings. The molecule has 78 valence electrons. The smallest absolute Gasteiger partial charge is 0.242 e. The average Bonchev–Trinajstić information content (AvgIpc) is 2.52. The van der Waals surface area contributed by atoms with Gasteiger partial charge in [0, 0.05) is 13.1 Å². The van der Waals surface area contributed by atoms with Gasteiger partial charge in [-0.2, -0.15) is 0 Å². The zero-order valence-electron chi connectivity index (χ0n) is 8.77. The zero-order valence-corrected chi connectivity index (χ0v) is 8.77. The Labute approximate surface area is 83.9 Å². The van der Waals surface area contributed by atoms with Crippen molar-refractivity contribution in [1.29, 1.82) is 0 Å². The van der Waals surface area contributed by atoms with Crippen molar-refractivity contribution in [2.45, 2.75) is 38.6 Å². The van der Waals surface area contributed by atoms with E-state index in [-0.39, 0.29) is 0 Å². The number of anilines is 1. The third-order valence-corrected chi connectivity index (χ3v) is 2.89. The van der Waals surface area contributed by atoms with Crippen LogP contribution >= 0.6 is 0 Å². The van der Waals surface area contributed by atoms with E-state index in [4.69, 9.17) is 0 Å². The summed E-state index contributed by atoms with van der Waals surface area (Å²) in [6.45, 7) is 2.31. The number of nitrogens with one attached hydrogen (secondary N) is 1. The van der Waals surface area contributed by atoms with E-state index in [1.54, 1.807) is 4.68 Å². The lowest BCUT2D eigenvalue weighted by Crippen LogP contribution is -2.27. The fourth-order valence-electron chi connectivity index (χ4n) is 2.10. The summed E-state index contributed by atoms with van der Waals surface area (Å²) in [5.74, 6) is 1.60. The molecule has 1 aromatic rings. The maximum Gasteiger partial charge on any atom is 0.242 e. The summed E-state index contributed by atoms with van der Waals surface area (Å²) in [6.07, 6.45) is 5.13. The molecule has 5 nitrogen and oxygen atoms in total. The lowest BCUT2D eigenvalue weighted by molar-refractivity contribution is 0.357. The summed E-state index contributed by atoms with van der Waals surface area (Å²) in [7, 11) is 1.86. The number of nitrogens with zero attached hydrogens (tertiary/aromatic N) is 4. The first kappa shape index (κ1) is 9.43. The van der Waals surface area contributed by atoms with Gasteiger partial charge in [0.1, 0.15) is 0 Å². The number of aryl methyl sites for hydroxylation is 1. The minimum absolute atomic E-state index is 0.545. The molecule has 2 unspecified atom stereocenters. The minimum atomic E-state index is 0.545. The monoisotopic (exact) mass is 195 g/mol. The first-order valence-corrected chi connectivity index (χ1v) is 5.24. The van der Waals surface area contributed by atoms with Gasteiger partial charge in [-0.05, 0) is 29.2 Å². The second-order valence-electron chi connectivity index (χ2n) is 4.24. The summed E-state index contributed by atoms with van der Waals surface area (Å²) >= 11 is 0. The number of hydrogen-bond donors (Lipinski definition) is 1. The average molecular weight is 195 g/mol. The topological polar surface area (TPSA) is 55.6 Å². The van der Waals surface area contributed by atoms with Crippen molar-refractivity contribution in [2.75, 3.05) is 5.32 Å². The Bertz CT molecular complexity index is 295. The highest BCUT2D eigenvalue weighted by molar-refractivity contribution is 5.23. The second kappa shape index (κ2) is 3.94. The molecule has 0 aliphatic heterocycles. The Hall–Kier alpha value is -1.13. The SMILES string of the molecule is CC1CCCC(Nc2nnnn2C)C1. The molecule has 1 fully saturated rings. The molecule has 0 radical (unpaired) electrons. The maximum absolute atomic E-state index is 3.93. The Kier molecular flexibility index (Phi) is 2.65. The molecule has 2 rings (SSSR count).